The van der Waals surface area contributed by atoms with Crippen molar-refractivity contribution < 1.29 is 18.3 Å². The van der Waals surface area contributed by atoms with E-state index in [0.717, 1.165) is 0 Å². The maximum absolute atomic E-state index is 12.8. The average Bonchev–Trinajstić information content (AvgIpc) is 2.28. The summed E-state index contributed by atoms with van der Waals surface area (Å²) in [7, 11) is 1.31. The first kappa shape index (κ1) is 13.1. The van der Waals surface area contributed by atoms with Crippen LogP contribution in [0.4, 0.5) is 8.78 Å². The molecule has 88 valence electrons. The molecular formula is C11H11BrF2O2. The van der Waals surface area contributed by atoms with Gasteiger partial charge in [0, 0.05) is 17.3 Å². The molecule has 0 fully saturated rings. The molecule has 0 N–H and O–H groups in total. The smallest absolute Gasteiger partial charge is 0.268 e. The summed E-state index contributed by atoms with van der Waals surface area (Å²) in [5, 5.41) is 0.450. The highest BCUT2D eigenvalue weighted by Crippen LogP contribution is 2.32. The van der Waals surface area contributed by atoms with Crippen molar-refractivity contribution >= 4 is 21.7 Å². The number of halogens is 3. The van der Waals surface area contributed by atoms with Crippen molar-refractivity contribution in [3.63, 3.8) is 0 Å². The summed E-state index contributed by atoms with van der Waals surface area (Å²) in [6.07, 6.45) is -2.53. The molecule has 0 amide bonds. The number of hydrogen-bond acceptors (Lipinski definition) is 2. The van der Waals surface area contributed by atoms with E-state index in [0.29, 0.717) is 5.33 Å². The molecular weight excluding hydrogens is 282 g/mol. The van der Waals surface area contributed by atoms with Crippen molar-refractivity contribution in [1.29, 1.82) is 0 Å². The quantitative estimate of drug-likeness (QED) is 0.612. The molecule has 1 rings (SSSR count). The van der Waals surface area contributed by atoms with Gasteiger partial charge in [-0.25, -0.2) is 8.78 Å². The number of rotatable bonds is 5. The minimum Gasteiger partial charge on any atom is -0.496 e. The lowest BCUT2D eigenvalue weighted by Crippen LogP contribution is -2.06. The molecule has 0 unspecified atom stereocenters. The monoisotopic (exact) mass is 292 g/mol. The Balaban J connectivity index is 3.22. The van der Waals surface area contributed by atoms with Gasteiger partial charge in [-0.3, -0.25) is 4.79 Å². The Morgan fingerprint density at radius 2 is 2.19 bits per heavy atom. The Morgan fingerprint density at radius 3 is 2.69 bits per heavy atom. The van der Waals surface area contributed by atoms with Crippen molar-refractivity contribution in [3.05, 3.63) is 29.3 Å². The van der Waals surface area contributed by atoms with E-state index in [1.807, 2.05) is 0 Å². The second-order valence-electron chi connectivity index (χ2n) is 3.08. The van der Waals surface area contributed by atoms with Gasteiger partial charge in [-0.15, -0.1) is 0 Å². The number of benzene rings is 1. The molecule has 0 saturated carbocycles. The molecule has 0 aromatic heterocycles. The van der Waals surface area contributed by atoms with Crippen LogP contribution in [0, 0.1) is 0 Å². The minimum absolute atomic E-state index is 0.0359. The van der Waals surface area contributed by atoms with E-state index in [1.54, 1.807) is 0 Å². The lowest BCUT2D eigenvalue weighted by molar-refractivity contribution is 0.0973. The van der Waals surface area contributed by atoms with Crippen molar-refractivity contribution in [2.45, 2.75) is 12.8 Å². The highest BCUT2D eigenvalue weighted by Gasteiger charge is 2.22. The van der Waals surface area contributed by atoms with Gasteiger partial charge in [0.15, 0.2) is 5.78 Å². The van der Waals surface area contributed by atoms with E-state index in [9.17, 15) is 13.6 Å². The second-order valence-corrected chi connectivity index (χ2v) is 3.88. The Hall–Kier alpha value is -0.970. The SMILES string of the molecule is COc1cccc(C(=O)CCBr)c1C(F)F. The van der Waals surface area contributed by atoms with Gasteiger partial charge in [-0.2, -0.15) is 0 Å². The minimum atomic E-state index is -2.72. The normalized spacial score (nSPS) is 10.6. The van der Waals surface area contributed by atoms with Crippen LogP contribution in [0.5, 0.6) is 5.75 Å². The van der Waals surface area contributed by atoms with E-state index in [1.165, 1.54) is 25.3 Å². The van der Waals surface area contributed by atoms with Crippen molar-refractivity contribution in [2.75, 3.05) is 12.4 Å². The van der Waals surface area contributed by atoms with Crippen LogP contribution in [-0.4, -0.2) is 18.2 Å². The molecule has 0 aliphatic heterocycles. The van der Waals surface area contributed by atoms with Gasteiger partial charge in [-0.05, 0) is 6.07 Å². The van der Waals surface area contributed by atoms with Crippen LogP contribution < -0.4 is 4.74 Å². The third kappa shape index (κ3) is 2.78. The van der Waals surface area contributed by atoms with Gasteiger partial charge in [0.2, 0.25) is 0 Å². The van der Waals surface area contributed by atoms with E-state index in [-0.39, 0.29) is 29.1 Å². The van der Waals surface area contributed by atoms with Crippen LogP contribution in [-0.2, 0) is 0 Å². The van der Waals surface area contributed by atoms with E-state index in [4.69, 9.17) is 4.74 Å². The number of ketones is 1. The molecule has 16 heavy (non-hydrogen) atoms. The molecule has 1 aromatic rings. The third-order valence-electron chi connectivity index (χ3n) is 2.13. The molecule has 0 saturated heterocycles. The number of carbonyl (C=O) groups excluding carboxylic acids is 1. The summed E-state index contributed by atoms with van der Waals surface area (Å²) in [5.74, 6) is -0.263. The zero-order valence-corrected chi connectivity index (χ0v) is 10.3. The summed E-state index contributed by atoms with van der Waals surface area (Å²) in [6, 6.07) is 4.35. The largest absolute Gasteiger partial charge is 0.496 e. The summed E-state index contributed by atoms with van der Waals surface area (Å²) >= 11 is 3.10. The van der Waals surface area contributed by atoms with Crippen molar-refractivity contribution in [2.24, 2.45) is 0 Å². The number of carbonyl (C=O) groups is 1. The van der Waals surface area contributed by atoms with Gasteiger partial charge in [0.25, 0.3) is 6.43 Å². The van der Waals surface area contributed by atoms with E-state index in [2.05, 4.69) is 15.9 Å². The lowest BCUT2D eigenvalue weighted by atomic mass is 10.0. The highest BCUT2D eigenvalue weighted by molar-refractivity contribution is 9.09. The summed E-state index contributed by atoms with van der Waals surface area (Å²) in [4.78, 5) is 11.6. The topological polar surface area (TPSA) is 26.3 Å². The van der Waals surface area contributed by atoms with Crippen LogP contribution >= 0.6 is 15.9 Å². The van der Waals surface area contributed by atoms with Gasteiger partial charge >= 0.3 is 0 Å². The molecule has 0 atom stereocenters. The first-order valence-corrected chi connectivity index (χ1v) is 5.78. The van der Waals surface area contributed by atoms with E-state index < -0.39 is 6.43 Å². The molecule has 0 spiro atoms. The lowest BCUT2D eigenvalue weighted by Gasteiger charge is -2.11. The van der Waals surface area contributed by atoms with Crippen LogP contribution in [0.15, 0.2) is 18.2 Å². The third-order valence-corrected chi connectivity index (χ3v) is 2.52. The fourth-order valence-corrected chi connectivity index (χ4v) is 1.77. The summed E-state index contributed by atoms with van der Waals surface area (Å²) in [6.45, 7) is 0. The summed E-state index contributed by atoms with van der Waals surface area (Å²) in [5.41, 5.74) is -0.287. The Morgan fingerprint density at radius 1 is 1.50 bits per heavy atom. The highest BCUT2D eigenvalue weighted by atomic mass is 79.9. The molecule has 5 heteroatoms. The maximum Gasteiger partial charge on any atom is 0.268 e. The van der Waals surface area contributed by atoms with Crippen LogP contribution in [0.2, 0.25) is 0 Å². The van der Waals surface area contributed by atoms with E-state index >= 15 is 0 Å². The first-order chi connectivity index (χ1) is 7.61. The molecule has 0 aliphatic rings. The number of ether oxygens (including phenoxy) is 1. The molecule has 0 radical (unpaired) electrons. The molecule has 0 aliphatic carbocycles. The number of hydrogen-bond donors (Lipinski definition) is 0. The molecule has 1 aromatic carbocycles. The predicted octanol–water partition coefficient (Wildman–Crippen LogP) is 3.60. The Kier molecular flexibility index (Phi) is 4.86. The van der Waals surface area contributed by atoms with Gasteiger partial charge in [0.1, 0.15) is 5.75 Å². The van der Waals surface area contributed by atoms with Crippen molar-refractivity contribution in [1.82, 2.24) is 0 Å². The fraction of sp³-hybridized carbons (Fsp3) is 0.364. The maximum atomic E-state index is 12.8. The average molecular weight is 293 g/mol. The fourth-order valence-electron chi connectivity index (χ4n) is 1.41. The molecule has 0 heterocycles. The Labute approximate surface area is 101 Å². The molecule has 2 nitrogen and oxygen atoms in total. The standard InChI is InChI=1S/C11H11BrF2O2/c1-16-9-4-2-3-7(8(15)5-6-12)10(9)11(13)14/h2-4,11H,5-6H2,1H3. The zero-order valence-electron chi connectivity index (χ0n) is 8.67. The number of alkyl halides is 3. The number of methoxy groups -OCH3 is 1. The van der Waals surface area contributed by atoms with Crippen LogP contribution in [0.25, 0.3) is 0 Å². The predicted molar refractivity (Wildman–Crippen MR) is 60.7 cm³/mol. The van der Waals surface area contributed by atoms with Crippen LogP contribution in [0.1, 0.15) is 28.8 Å². The van der Waals surface area contributed by atoms with Gasteiger partial charge in [-0.1, -0.05) is 28.1 Å². The Bertz CT molecular complexity index is 380. The van der Waals surface area contributed by atoms with Crippen molar-refractivity contribution in [3.8, 4) is 5.75 Å². The second kappa shape index (κ2) is 5.94. The number of Topliss-reactive ketones (excluding diaryl/α,β-unsaturated/α-hetero) is 1. The van der Waals surface area contributed by atoms with Gasteiger partial charge < -0.3 is 4.74 Å². The zero-order chi connectivity index (χ0) is 12.1. The molecule has 0 bridgehead atoms. The summed E-state index contributed by atoms with van der Waals surface area (Å²) < 4.78 is 30.5. The first-order valence-electron chi connectivity index (χ1n) is 4.66. The van der Waals surface area contributed by atoms with Gasteiger partial charge in [0.05, 0.1) is 12.7 Å². The van der Waals surface area contributed by atoms with Crippen LogP contribution in [0.3, 0.4) is 0 Å².